The van der Waals surface area contributed by atoms with Gasteiger partial charge in [-0.15, -0.1) is 0 Å². The highest BCUT2D eigenvalue weighted by Gasteiger charge is 2.39. The van der Waals surface area contributed by atoms with Crippen LogP contribution < -0.4 is 5.73 Å². The van der Waals surface area contributed by atoms with E-state index >= 15 is 0 Å². The molecule has 1 saturated carbocycles. The van der Waals surface area contributed by atoms with Crippen LogP contribution in [0.1, 0.15) is 63.1 Å². The molecule has 2 fully saturated rings. The zero-order valence-corrected chi connectivity index (χ0v) is 12.4. The van der Waals surface area contributed by atoms with Crippen LogP contribution >= 0.6 is 0 Å². The summed E-state index contributed by atoms with van der Waals surface area (Å²) in [4.78, 5) is 2.57. The predicted molar refractivity (Wildman–Crippen MR) is 80.2 cm³/mol. The molecule has 2 nitrogen and oxygen atoms in total. The fourth-order valence-corrected chi connectivity index (χ4v) is 3.41. The SMILES string of the molecule is CC(C)(C)N1CCC(N)C1c1cccc(C2CC2)c1. The van der Waals surface area contributed by atoms with Crippen LogP contribution in [-0.2, 0) is 0 Å². The quantitative estimate of drug-likeness (QED) is 0.880. The summed E-state index contributed by atoms with van der Waals surface area (Å²) in [6.07, 6.45) is 3.84. The second-order valence-electron chi connectivity index (χ2n) is 7.21. The van der Waals surface area contributed by atoms with Crippen molar-refractivity contribution in [1.82, 2.24) is 4.90 Å². The van der Waals surface area contributed by atoms with Crippen molar-refractivity contribution in [2.45, 2.75) is 63.6 Å². The number of hydrogen-bond acceptors (Lipinski definition) is 2. The number of nitrogens with zero attached hydrogens (tertiary/aromatic N) is 1. The molecule has 1 aliphatic heterocycles. The van der Waals surface area contributed by atoms with Crippen molar-refractivity contribution in [3.63, 3.8) is 0 Å². The molecule has 104 valence electrons. The van der Waals surface area contributed by atoms with Gasteiger partial charge >= 0.3 is 0 Å². The first kappa shape index (κ1) is 13.1. The lowest BCUT2D eigenvalue weighted by atomic mass is 9.95. The van der Waals surface area contributed by atoms with Gasteiger partial charge in [0.15, 0.2) is 0 Å². The molecule has 0 radical (unpaired) electrons. The average Bonchev–Trinajstić information content (AvgIpc) is 3.11. The molecule has 2 unspecified atom stereocenters. The summed E-state index contributed by atoms with van der Waals surface area (Å²) in [5.74, 6) is 0.820. The summed E-state index contributed by atoms with van der Waals surface area (Å²) >= 11 is 0. The highest BCUT2D eigenvalue weighted by molar-refractivity contribution is 5.32. The smallest absolute Gasteiger partial charge is 0.0504 e. The summed E-state index contributed by atoms with van der Waals surface area (Å²) in [5, 5.41) is 0. The maximum absolute atomic E-state index is 6.40. The van der Waals surface area contributed by atoms with E-state index in [4.69, 9.17) is 5.73 Å². The molecule has 1 aliphatic carbocycles. The van der Waals surface area contributed by atoms with E-state index in [9.17, 15) is 0 Å². The van der Waals surface area contributed by atoms with Crippen molar-refractivity contribution in [2.24, 2.45) is 5.73 Å². The molecule has 2 heteroatoms. The lowest BCUT2D eigenvalue weighted by Gasteiger charge is -2.38. The van der Waals surface area contributed by atoms with Gasteiger partial charge in [-0.2, -0.15) is 0 Å². The summed E-state index contributed by atoms with van der Waals surface area (Å²) < 4.78 is 0. The Morgan fingerprint density at radius 3 is 2.42 bits per heavy atom. The van der Waals surface area contributed by atoms with Crippen molar-refractivity contribution >= 4 is 0 Å². The number of benzene rings is 1. The largest absolute Gasteiger partial charge is 0.326 e. The summed E-state index contributed by atoms with van der Waals surface area (Å²) in [7, 11) is 0. The van der Waals surface area contributed by atoms with Crippen molar-refractivity contribution in [3.8, 4) is 0 Å². The Bertz CT molecular complexity index is 457. The standard InChI is InChI=1S/C17H26N2/c1-17(2,3)19-10-9-15(18)16(19)14-6-4-5-13(11-14)12-7-8-12/h4-6,11-12,15-16H,7-10,18H2,1-3H3. The molecule has 1 saturated heterocycles. The highest BCUT2D eigenvalue weighted by Crippen LogP contribution is 2.42. The van der Waals surface area contributed by atoms with Crippen LogP contribution in [0.3, 0.4) is 0 Å². The van der Waals surface area contributed by atoms with Crippen LogP contribution in [0, 0.1) is 0 Å². The third-order valence-electron chi connectivity index (χ3n) is 4.61. The van der Waals surface area contributed by atoms with Crippen molar-refractivity contribution in [3.05, 3.63) is 35.4 Å². The van der Waals surface area contributed by atoms with E-state index < -0.39 is 0 Å². The van der Waals surface area contributed by atoms with Crippen LogP contribution in [0.5, 0.6) is 0 Å². The first-order valence-corrected chi connectivity index (χ1v) is 7.59. The van der Waals surface area contributed by atoms with Crippen LogP contribution in [0.25, 0.3) is 0 Å². The van der Waals surface area contributed by atoms with Crippen molar-refractivity contribution in [2.75, 3.05) is 6.54 Å². The Morgan fingerprint density at radius 2 is 1.79 bits per heavy atom. The minimum Gasteiger partial charge on any atom is -0.326 e. The van der Waals surface area contributed by atoms with Gasteiger partial charge in [0.05, 0.1) is 6.04 Å². The fraction of sp³-hybridized carbons (Fsp3) is 0.647. The number of rotatable bonds is 2. The summed E-state index contributed by atoms with van der Waals surface area (Å²) in [5.41, 5.74) is 9.53. The van der Waals surface area contributed by atoms with E-state index in [1.165, 1.54) is 24.0 Å². The summed E-state index contributed by atoms with van der Waals surface area (Å²) in [6.45, 7) is 8.00. The molecule has 2 N–H and O–H groups in total. The Kier molecular flexibility index (Phi) is 3.18. The molecule has 0 amide bonds. The van der Waals surface area contributed by atoms with E-state index in [1.807, 2.05) is 0 Å². The first-order chi connectivity index (χ1) is 8.97. The molecular formula is C17H26N2. The lowest BCUT2D eigenvalue weighted by Crippen LogP contribution is -2.43. The van der Waals surface area contributed by atoms with E-state index in [1.54, 1.807) is 0 Å². The third kappa shape index (κ3) is 2.56. The zero-order chi connectivity index (χ0) is 13.6. The topological polar surface area (TPSA) is 29.3 Å². The van der Waals surface area contributed by atoms with Gasteiger partial charge in [0.1, 0.15) is 0 Å². The van der Waals surface area contributed by atoms with Gasteiger partial charge in [-0.05, 0) is 57.1 Å². The Morgan fingerprint density at radius 1 is 1.11 bits per heavy atom. The molecule has 2 aliphatic rings. The zero-order valence-electron chi connectivity index (χ0n) is 12.4. The normalized spacial score (nSPS) is 28.8. The molecule has 0 aromatic heterocycles. The van der Waals surface area contributed by atoms with Crippen LogP contribution in [0.4, 0.5) is 0 Å². The number of hydrogen-bond donors (Lipinski definition) is 1. The maximum Gasteiger partial charge on any atom is 0.0504 e. The Labute approximate surface area is 117 Å². The second kappa shape index (κ2) is 4.60. The molecule has 0 bridgehead atoms. The van der Waals surface area contributed by atoms with Crippen LogP contribution in [0.2, 0.25) is 0 Å². The van der Waals surface area contributed by atoms with E-state index in [-0.39, 0.29) is 11.6 Å². The van der Waals surface area contributed by atoms with Crippen molar-refractivity contribution in [1.29, 1.82) is 0 Å². The second-order valence-corrected chi connectivity index (χ2v) is 7.21. The van der Waals surface area contributed by atoms with Gasteiger partial charge in [0.25, 0.3) is 0 Å². The first-order valence-electron chi connectivity index (χ1n) is 7.59. The van der Waals surface area contributed by atoms with Crippen LogP contribution in [0.15, 0.2) is 24.3 Å². The minimum atomic E-state index is 0.189. The number of likely N-dealkylation sites (tertiary alicyclic amines) is 1. The Hall–Kier alpha value is -0.860. The van der Waals surface area contributed by atoms with Gasteiger partial charge in [0, 0.05) is 18.1 Å². The molecule has 1 aromatic carbocycles. The minimum absolute atomic E-state index is 0.189. The lowest BCUT2D eigenvalue weighted by molar-refractivity contribution is 0.117. The van der Waals surface area contributed by atoms with Gasteiger partial charge in [-0.25, -0.2) is 0 Å². The van der Waals surface area contributed by atoms with Gasteiger partial charge in [-0.1, -0.05) is 24.3 Å². The number of nitrogens with two attached hydrogens (primary N) is 1. The van der Waals surface area contributed by atoms with E-state index in [2.05, 4.69) is 49.9 Å². The van der Waals surface area contributed by atoms with E-state index in [0.29, 0.717) is 6.04 Å². The third-order valence-corrected chi connectivity index (χ3v) is 4.61. The van der Waals surface area contributed by atoms with Gasteiger partial charge in [0.2, 0.25) is 0 Å². The van der Waals surface area contributed by atoms with Gasteiger partial charge < -0.3 is 5.73 Å². The molecular weight excluding hydrogens is 232 g/mol. The molecule has 3 rings (SSSR count). The van der Waals surface area contributed by atoms with Crippen LogP contribution in [-0.4, -0.2) is 23.0 Å². The fourth-order valence-electron chi connectivity index (χ4n) is 3.41. The molecule has 0 spiro atoms. The van der Waals surface area contributed by atoms with E-state index in [0.717, 1.165) is 18.9 Å². The monoisotopic (exact) mass is 258 g/mol. The molecule has 1 heterocycles. The summed E-state index contributed by atoms with van der Waals surface area (Å²) in [6, 6.07) is 9.83. The average molecular weight is 258 g/mol. The molecule has 1 aromatic rings. The van der Waals surface area contributed by atoms with Crippen molar-refractivity contribution < 1.29 is 0 Å². The molecule has 2 atom stereocenters. The Balaban J connectivity index is 1.92. The maximum atomic E-state index is 6.40. The highest BCUT2D eigenvalue weighted by atomic mass is 15.3. The predicted octanol–water partition coefficient (Wildman–Crippen LogP) is 3.44. The van der Waals surface area contributed by atoms with Gasteiger partial charge in [-0.3, -0.25) is 4.90 Å². The molecule has 19 heavy (non-hydrogen) atoms.